The van der Waals surface area contributed by atoms with E-state index in [-0.39, 0.29) is 5.91 Å². The zero-order chi connectivity index (χ0) is 37.1. The van der Waals surface area contributed by atoms with Crippen molar-refractivity contribution in [2.45, 2.75) is 139 Å². The highest BCUT2D eigenvalue weighted by Crippen LogP contribution is 2.40. The van der Waals surface area contributed by atoms with E-state index in [4.69, 9.17) is 25.7 Å². The lowest BCUT2D eigenvalue weighted by molar-refractivity contribution is 0.102. The molecule has 5 N–H and O–H groups in total. The highest BCUT2D eigenvalue weighted by molar-refractivity contribution is 6.05. The number of anilines is 3. The van der Waals surface area contributed by atoms with Crippen molar-refractivity contribution in [2.24, 2.45) is 35.5 Å². The molecule has 7 nitrogen and oxygen atoms in total. The smallest absolute Gasteiger partial charge is 0.255 e. The third-order valence-electron chi connectivity index (χ3n) is 9.55. The van der Waals surface area contributed by atoms with Crippen molar-refractivity contribution in [3.8, 4) is 17.2 Å². The molecule has 0 bridgehead atoms. The predicted octanol–water partition coefficient (Wildman–Crippen LogP) is 11.8. The Morgan fingerprint density at radius 3 is 1.30 bits per heavy atom. The summed E-state index contributed by atoms with van der Waals surface area (Å²) in [7, 11) is 0. The Hall–Kier alpha value is -3.09. The third-order valence-corrected chi connectivity index (χ3v) is 9.55. The molecule has 284 valence electrons. The van der Waals surface area contributed by atoms with Crippen LogP contribution in [0, 0.1) is 35.5 Å². The molecule has 0 fully saturated rings. The molecule has 7 heteroatoms. The van der Waals surface area contributed by atoms with Gasteiger partial charge in [-0.1, -0.05) is 120 Å². The molecule has 2 aromatic carbocycles. The molecule has 0 aliphatic heterocycles. The minimum Gasteiger partial charge on any atom is -0.490 e. The molecule has 0 heterocycles. The minimum absolute atomic E-state index is 0.292. The van der Waals surface area contributed by atoms with Crippen LogP contribution in [0.1, 0.15) is 150 Å². The summed E-state index contributed by atoms with van der Waals surface area (Å²) >= 11 is 0. The van der Waals surface area contributed by atoms with Crippen LogP contribution in [0.3, 0.4) is 0 Å². The van der Waals surface area contributed by atoms with Gasteiger partial charge in [-0.3, -0.25) is 4.79 Å². The standard InChI is InChI=1S/C43H73N3O4/c1-30(2)13-10-16-33(7)19-22-48-40-25-36(43(47)46-39-28-37(44)27-38(45)29-39)26-41(49-23-20-34(8)17-11-14-31(3)4)42(40)50-24-21-35(9)18-12-15-32(5)6/h25-35H,10-24,44-45H2,1-9H3,(H,46,47). The van der Waals surface area contributed by atoms with E-state index in [0.717, 1.165) is 37.0 Å². The molecule has 0 saturated carbocycles. The molecule has 0 aliphatic rings. The van der Waals surface area contributed by atoms with Gasteiger partial charge in [0.15, 0.2) is 11.5 Å². The number of rotatable bonds is 26. The van der Waals surface area contributed by atoms with Crippen LogP contribution in [0.2, 0.25) is 0 Å². The molecule has 0 radical (unpaired) electrons. The second kappa shape index (κ2) is 23.4. The summed E-state index contributed by atoms with van der Waals surface area (Å²) in [4.78, 5) is 13.7. The van der Waals surface area contributed by atoms with Gasteiger partial charge >= 0.3 is 0 Å². The normalized spacial score (nSPS) is 13.4. The lowest BCUT2D eigenvalue weighted by atomic mass is 9.97. The summed E-state index contributed by atoms with van der Waals surface area (Å²) in [5.74, 6) is 5.18. The van der Waals surface area contributed by atoms with Gasteiger partial charge in [-0.25, -0.2) is 0 Å². The Kier molecular flexibility index (Phi) is 20.2. The van der Waals surface area contributed by atoms with Crippen LogP contribution in [0.4, 0.5) is 17.1 Å². The zero-order valence-corrected chi connectivity index (χ0v) is 33.2. The fraction of sp³-hybridized carbons (Fsp3) is 0.698. The van der Waals surface area contributed by atoms with Crippen molar-refractivity contribution in [3.63, 3.8) is 0 Å². The van der Waals surface area contributed by atoms with Gasteiger partial charge < -0.3 is 31.0 Å². The SMILES string of the molecule is CC(C)CCCC(C)CCOc1cc(C(=O)Nc2cc(N)cc(N)c2)cc(OCCC(C)CCCC(C)C)c1OCCC(C)CCCC(C)C. The molecule has 2 rings (SSSR count). The van der Waals surface area contributed by atoms with Gasteiger partial charge in [-0.2, -0.15) is 0 Å². The second-order valence-electron chi connectivity index (χ2n) is 16.3. The molecule has 3 atom stereocenters. The summed E-state index contributed by atoms with van der Waals surface area (Å²) in [6.07, 6.45) is 13.7. The maximum Gasteiger partial charge on any atom is 0.255 e. The molecule has 0 spiro atoms. The Labute approximate surface area is 306 Å². The van der Waals surface area contributed by atoms with E-state index >= 15 is 0 Å². The molecule has 0 saturated heterocycles. The van der Waals surface area contributed by atoms with E-state index in [2.05, 4.69) is 67.6 Å². The first-order chi connectivity index (χ1) is 23.7. The van der Waals surface area contributed by atoms with Crippen LogP contribution in [-0.2, 0) is 0 Å². The number of amides is 1. The van der Waals surface area contributed by atoms with E-state index in [1.807, 2.05) is 0 Å². The largest absolute Gasteiger partial charge is 0.490 e. The fourth-order valence-electron chi connectivity index (χ4n) is 6.18. The van der Waals surface area contributed by atoms with Gasteiger partial charge in [0.05, 0.1) is 19.8 Å². The van der Waals surface area contributed by atoms with Crippen molar-refractivity contribution in [1.29, 1.82) is 0 Å². The summed E-state index contributed by atoms with van der Waals surface area (Å²) in [5.41, 5.74) is 14.0. The van der Waals surface area contributed by atoms with Gasteiger partial charge in [0.1, 0.15) is 0 Å². The van der Waals surface area contributed by atoms with Gasteiger partial charge in [-0.05, 0) is 85.1 Å². The van der Waals surface area contributed by atoms with Gasteiger partial charge in [0, 0.05) is 22.6 Å². The summed E-state index contributed by atoms with van der Waals surface area (Å²) in [5, 5.41) is 2.96. The molecule has 0 aliphatic carbocycles. The van der Waals surface area contributed by atoms with E-state index < -0.39 is 0 Å². The third kappa shape index (κ3) is 18.2. The fourth-order valence-corrected chi connectivity index (χ4v) is 6.18. The first kappa shape index (κ1) is 43.1. The molecule has 50 heavy (non-hydrogen) atoms. The number of hydrogen-bond donors (Lipinski definition) is 3. The number of nitrogens with two attached hydrogens (primary N) is 2. The Bertz CT molecular complexity index is 1180. The highest BCUT2D eigenvalue weighted by Gasteiger charge is 2.21. The molecular weight excluding hydrogens is 622 g/mol. The highest BCUT2D eigenvalue weighted by atomic mass is 16.5. The monoisotopic (exact) mass is 696 g/mol. The van der Waals surface area contributed by atoms with E-state index in [1.54, 1.807) is 30.3 Å². The average Bonchev–Trinajstić information content (AvgIpc) is 3.00. The number of carbonyl (C=O) groups excluding carboxylic acids is 1. The minimum atomic E-state index is -0.292. The first-order valence-electron chi connectivity index (χ1n) is 19.8. The number of nitrogen functional groups attached to an aromatic ring is 2. The van der Waals surface area contributed by atoms with E-state index in [1.165, 1.54) is 57.8 Å². The molecule has 1 amide bonds. The average molecular weight is 696 g/mol. The first-order valence-corrected chi connectivity index (χ1v) is 19.8. The Balaban J connectivity index is 2.33. The lowest BCUT2D eigenvalue weighted by Gasteiger charge is -2.21. The van der Waals surface area contributed by atoms with Crippen molar-refractivity contribution in [3.05, 3.63) is 35.9 Å². The number of ether oxygens (including phenoxy) is 3. The zero-order valence-electron chi connectivity index (χ0n) is 33.2. The molecule has 2 aromatic rings. The van der Waals surface area contributed by atoms with E-state index in [0.29, 0.717) is 77.4 Å². The van der Waals surface area contributed by atoms with Crippen molar-refractivity contribution < 1.29 is 19.0 Å². The Morgan fingerprint density at radius 2 is 0.920 bits per heavy atom. The van der Waals surface area contributed by atoms with Crippen LogP contribution in [-0.4, -0.2) is 25.7 Å². The van der Waals surface area contributed by atoms with Crippen LogP contribution in [0.15, 0.2) is 30.3 Å². The summed E-state index contributed by atoms with van der Waals surface area (Å²) < 4.78 is 19.5. The number of hydrogen-bond acceptors (Lipinski definition) is 6. The van der Waals surface area contributed by atoms with Crippen molar-refractivity contribution in [2.75, 3.05) is 36.6 Å². The topological polar surface area (TPSA) is 109 Å². The maximum absolute atomic E-state index is 13.7. The van der Waals surface area contributed by atoms with Crippen molar-refractivity contribution in [1.82, 2.24) is 0 Å². The lowest BCUT2D eigenvalue weighted by Crippen LogP contribution is -2.15. The molecule has 0 aromatic heterocycles. The number of benzene rings is 2. The quantitative estimate of drug-likeness (QED) is 0.0845. The van der Waals surface area contributed by atoms with Gasteiger partial charge in [0.25, 0.3) is 5.91 Å². The van der Waals surface area contributed by atoms with Gasteiger partial charge in [-0.15, -0.1) is 0 Å². The predicted molar refractivity (Wildman–Crippen MR) is 214 cm³/mol. The van der Waals surface area contributed by atoms with Crippen LogP contribution >= 0.6 is 0 Å². The van der Waals surface area contributed by atoms with E-state index in [9.17, 15) is 4.79 Å². The molecular formula is C43H73N3O4. The van der Waals surface area contributed by atoms with Crippen LogP contribution < -0.4 is 31.0 Å². The summed E-state index contributed by atoms with van der Waals surface area (Å²) in [6.45, 7) is 22.2. The molecule has 3 unspecified atom stereocenters. The second-order valence-corrected chi connectivity index (χ2v) is 16.3. The maximum atomic E-state index is 13.7. The van der Waals surface area contributed by atoms with Crippen LogP contribution in [0.5, 0.6) is 17.2 Å². The number of carbonyl (C=O) groups is 1. The van der Waals surface area contributed by atoms with Crippen LogP contribution in [0.25, 0.3) is 0 Å². The van der Waals surface area contributed by atoms with Crippen molar-refractivity contribution >= 4 is 23.0 Å². The summed E-state index contributed by atoms with van der Waals surface area (Å²) in [6, 6.07) is 8.64. The Morgan fingerprint density at radius 1 is 0.540 bits per heavy atom. The van der Waals surface area contributed by atoms with Gasteiger partial charge in [0.2, 0.25) is 5.75 Å². The number of nitrogens with one attached hydrogen (secondary N) is 1.